The number of carbonyl (C=O) groups is 1. The van der Waals surface area contributed by atoms with E-state index in [0.717, 1.165) is 23.3 Å². The Morgan fingerprint density at radius 2 is 2.04 bits per heavy atom. The molecule has 0 aliphatic carbocycles. The number of aryl methyl sites for hydroxylation is 1. The van der Waals surface area contributed by atoms with E-state index in [1.54, 1.807) is 0 Å². The molecule has 0 bridgehead atoms. The lowest BCUT2D eigenvalue weighted by molar-refractivity contribution is -0.695. The smallest absolute Gasteiger partial charge is 0.251 e. The summed E-state index contributed by atoms with van der Waals surface area (Å²) in [5.41, 5.74) is 3.94. The number of aromatic nitrogens is 2. The Bertz CT molecular complexity index is 893. The summed E-state index contributed by atoms with van der Waals surface area (Å²) in [6.07, 6.45) is 8.11. The van der Waals surface area contributed by atoms with Gasteiger partial charge in [-0.15, -0.1) is 0 Å². The van der Waals surface area contributed by atoms with Crippen LogP contribution in [0.1, 0.15) is 35.5 Å². The van der Waals surface area contributed by atoms with Crippen molar-refractivity contribution in [3.05, 3.63) is 65.6 Å². The normalized spacial score (nSPS) is 11.2. The predicted molar refractivity (Wildman–Crippen MR) is 97.5 cm³/mol. The molecule has 24 heavy (non-hydrogen) atoms. The second-order valence-electron chi connectivity index (χ2n) is 5.61. The number of nitrogens with zero attached hydrogens (tertiary/aromatic N) is 1. The lowest BCUT2D eigenvalue weighted by Gasteiger charge is -2.03. The van der Waals surface area contributed by atoms with E-state index >= 15 is 0 Å². The summed E-state index contributed by atoms with van der Waals surface area (Å²) in [5, 5.41) is 4.03. The highest BCUT2D eigenvalue weighted by Gasteiger charge is 2.12. The van der Waals surface area contributed by atoms with Gasteiger partial charge in [-0.2, -0.15) is 4.57 Å². The molecule has 0 spiro atoms. The number of fused-ring (bicyclic) bond motifs is 1. The molecule has 122 valence electrons. The largest absolute Gasteiger partial charge is 0.361 e. The lowest BCUT2D eigenvalue weighted by Crippen LogP contribution is -2.36. The molecule has 2 N–H and O–H groups in total. The maximum Gasteiger partial charge on any atom is 0.251 e. The minimum Gasteiger partial charge on any atom is -0.361 e. The van der Waals surface area contributed by atoms with Gasteiger partial charge in [0.2, 0.25) is 5.69 Å². The van der Waals surface area contributed by atoms with E-state index in [0.29, 0.717) is 12.1 Å². The number of aromatic amines is 1. The summed E-state index contributed by atoms with van der Waals surface area (Å²) in [6.45, 7) is 5.49. The topological polar surface area (TPSA) is 48.8 Å². The predicted octanol–water partition coefficient (Wildman–Crippen LogP) is 3.40. The summed E-state index contributed by atoms with van der Waals surface area (Å²) in [5.74, 6) is -0.0394. The summed E-state index contributed by atoms with van der Waals surface area (Å²) >= 11 is 0. The molecule has 0 radical (unpaired) electrons. The first kappa shape index (κ1) is 16.0. The Labute approximate surface area is 141 Å². The second-order valence-corrected chi connectivity index (χ2v) is 5.61. The number of hydrogen-bond donors (Lipinski definition) is 2. The molecule has 0 saturated heterocycles. The molecule has 0 aliphatic rings. The molecule has 0 saturated carbocycles. The first-order valence-electron chi connectivity index (χ1n) is 8.28. The Balaban J connectivity index is 1.95. The fraction of sp³-hybridized carbons (Fsp3) is 0.200. The van der Waals surface area contributed by atoms with Gasteiger partial charge in [0.25, 0.3) is 5.91 Å². The third-order valence-corrected chi connectivity index (χ3v) is 4.06. The first-order chi connectivity index (χ1) is 11.7. The van der Waals surface area contributed by atoms with Crippen LogP contribution in [0.5, 0.6) is 0 Å². The quantitative estimate of drug-likeness (QED) is 0.696. The number of nitrogens with one attached hydrogen (secondary N) is 2. The van der Waals surface area contributed by atoms with Crippen LogP contribution >= 0.6 is 0 Å². The van der Waals surface area contributed by atoms with Crippen molar-refractivity contribution in [2.24, 2.45) is 0 Å². The van der Waals surface area contributed by atoms with Gasteiger partial charge < -0.3 is 10.3 Å². The molecule has 3 rings (SSSR count). The standard InChI is InChI=1S/C20H21N3O/c1-3-21-20(24)15-11-12-23(4-2)17(13-15)10-9-16-14-22-19-8-6-5-7-18(16)19/h5-14H,3-4H2,1-2H3,(H,21,24)/p+1. The van der Waals surface area contributed by atoms with Crippen LogP contribution in [0.4, 0.5) is 0 Å². The zero-order chi connectivity index (χ0) is 16.9. The maximum atomic E-state index is 12.1. The van der Waals surface area contributed by atoms with Crippen molar-refractivity contribution in [3.63, 3.8) is 0 Å². The van der Waals surface area contributed by atoms with E-state index < -0.39 is 0 Å². The van der Waals surface area contributed by atoms with Crippen LogP contribution in [0, 0.1) is 0 Å². The zero-order valence-electron chi connectivity index (χ0n) is 14.0. The van der Waals surface area contributed by atoms with Crippen LogP contribution in [0.15, 0.2) is 48.8 Å². The molecule has 0 aliphatic heterocycles. The van der Waals surface area contributed by atoms with Gasteiger partial charge >= 0.3 is 0 Å². The molecule has 4 heteroatoms. The molecule has 0 atom stereocenters. The molecule has 2 aromatic heterocycles. The molecule has 0 fully saturated rings. The first-order valence-corrected chi connectivity index (χ1v) is 8.28. The van der Waals surface area contributed by atoms with Crippen molar-refractivity contribution >= 4 is 29.0 Å². The van der Waals surface area contributed by atoms with Crippen molar-refractivity contribution in [3.8, 4) is 0 Å². The van der Waals surface area contributed by atoms with E-state index in [4.69, 9.17) is 0 Å². The van der Waals surface area contributed by atoms with Crippen LogP contribution in [-0.2, 0) is 6.54 Å². The average molecular weight is 320 g/mol. The van der Waals surface area contributed by atoms with Gasteiger partial charge in [0, 0.05) is 41.9 Å². The molecule has 3 aromatic rings. The summed E-state index contributed by atoms with van der Waals surface area (Å²) in [4.78, 5) is 15.3. The van der Waals surface area contributed by atoms with Crippen molar-refractivity contribution in [2.75, 3.05) is 6.54 Å². The number of benzene rings is 1. The molecule has 1 aromatic carbocycles. The van der Waals surface area contributed by atoms with E-state index in [2.05, 4.69) is 46.1 Å². The maximum absolute atomic E-state index is 12.1. The highest BCUT2D eigenvalue weighted by Crippen LogP contribution is 2.19. The van der Waals surface area contributed by atoms with E-state index in [9.17, 15) is 4.79 Å². The molecule has 4 nitrogen and oxygen atoms in total. The fourth-order valence-corrected chi connectivity index (χ4v) is 2.79. The highest BCUT2D eigenvalue weighted by molar-refractivity contribution is 5.95. The van der Waals surface area contributed by atoms with E-state index in [-0.39, 0.29) is 5.91 Å². The van der Waals surface area contributed by atoms with Gasteiger partial charge in [-0.05, 0) is 31.6 Å². The van der Waals surface area contributed by atoms with Gasteiger partial charge in [0.15, 0.2) is 6.20 Å². The van der Waals surface area contributed by atoms with Gasteiger partial charge in [0.05, 0.1) is 5.56 Å². The number of amides is 1. The van der Waals surface area contributed by atoms with Crippen LogP contribution in [0.25, 0.3) is 23.1 Å². The van der Waals surface area contributed by atoms with Crippen LogP contribution in [-0.4, -0.2) is 17.4 Å². The zero-order valence-corrected chi connectivity index (χ0v) is 14.0. The average Bonchev–Trinajstić information content (AvgIpc) is 3.03. The Hall–Kier alpha value is -2.88. The molecule has 2 heterocycles. The van der Waals surface area contributed by atoms with Crippen molar-refractivity contribution in [1.82, 2.24) is 10.3 Å². The molecular weight excluding hydrogens is 298 g/mol. The molecule has 0 unspecified atom stereocenters. The van der Waals surface area contributed by atoms with Crippen molar-refractivity contribution in [1.29, 1.82) is 0 Å². The number of para-hydroxylation sites is 1. The van der Waals surface area contributed by atoms with E-state index in [1.165, 1.54) is 5.39 Å². The van der Waals surface area contributed by atoms with Crippen molar-refractivity contribution < 1.29 is 9.36 Å². The minimum atomic E-state index is -0.0394. The molecular formula is C20H22N3O+. The van der Waals surface area contributed by atoms with E-state index in [1.807, 2.05) is 43.6 Å². The van der Waals surface area contributed by atoms with Crippen LogP contribution in [0.2, 0.25) is 0 Å². The molecule has 1 amide bonds. The summed E-state index contributed by atoms with van der Waals surface area (Å²) < 4.78 is 2.12. The van der Waals surface area contributed by atoms with Crippen LogP contribution in [0.3, 0.4) is 0 Å². The van der Waals surface area contributed by atoms with Crippen molar-refractivity contribution in [2.45, 2.75) is 20.4 Å². The van der Waals surface area contributed by atoms with Gasteiger partial charge in [-0.25, -0.2) is 0 Å². The number of hydrogen-bond acceptors (Lipinski definition) is 1. The monoisotopic (exact) mass is 320 g/mol. The minimum absolute atomic E-state index is 0.0394. The number of pyridine rings is 1. The highest BCUT2D eigenvalue weighted by atomic mass is 16.1. The Morgan fingerprint density at radius 1 is 1.21 bits per heavy atom. The summed E-state index contributed by atoms with van der Waals surface area (Å²) in [7, 11) is 0. The third kappa shape index (κ3) is 3.23. The summed E-state index contributed by atoms with van der Waals surface area (Å²) in [6, 6.07) is 12.0. The second kappa shape index (κ2) is 7.13. The fourth-order valence-electron chi connectivity index (χ4n) is 2.79. The number of rotatable bonds is 5. The lowest BCUT2D eigenvalue weighted by atomic mass is 10.1. The van der Waals surface area contributed by atoms with Gasteiger partial charge in [-0.1, -0.05) is 18.2 Å². The van der Waals surface area contributed by atoms with Crippen LogP contribution < -0.4 is 9.88 Å². The Morgan fingerprint density at radius 3 is 2.83 bits per heavy atom. The van der Waals surface area contributed by atoms with Gasteiger partial charge in [0.1, 0.15) is 6.54 Å². The Kier molecular flexibility index (Phi) is 4.75. The number of H-pyrrole nitrogens is 1. The van der Waals surface area contributed by atoms with Gasteiger partial charge in [-0.3, -0.25) is 4.79 Å². The number of carbonyl (C=O) groups excluding carboxylic acids is 1. The SMILES string of the molecule is CCNC(=O)c1cc[n+](CC)c(/C=C\c2c[nH]c3ccccc23)c1. The third-order valence-electron chi connectivity index (χ3n) is 4.06.